The molecule has 0 aliphatic carbocycles. The summed E-state index contributed by atoms with van der Waals surface area (Å²) in [5.74, 6) is -30.4. The molecule has 27 heavy (non-hydrogen) atoms. The minimum absolute atomic E-state index is 0.430. The highest BCUT2D eigenvalue weighted by molar-refractivity contribution is 5.12. The average Bonchev–Trinajstić information content (AvgIpc) is 2.47. The maximum absolute atomic E-state index is 13.7. The summed E-state index contributed by atoms with van der Waals surface area (Å²) in [6.45, 7) is 1.43. The number of rotatable bonds is 6. The zero-order chi connectivity index (χ0) is 21.7. The van der Waals surface area contributed by atoms with Gasteiger partial charge in [-0.3, -0.25) is 0 Å². The third-order valence-corrected chi connectivity index (χ3v) is 5.83. The Balaban J connectivity index is 3.38. The van der Waals surface area contributed by atoms with E-state index in [2.05, 4.69) is 0 Å². The number of benzene rings is 1. The predicted octanol–water partition coefficient (Wildman–Crippen LogP) is 2.95. The van der Waals surface area contributed by atoms with Crippen LogP contribution in [0.3, 0.4) is 0 Å². The molecule has 0 bridgehead atoms. The molecule has 1 rings (SSSR count). The lowest BCUT2D eigenvalue weighted by molar-refractivity contribution is -0.790. The van der Waals surface area contributed by atoms with E-state index in [0.29, 0.717) is 5.56 Å². The maximum Gasteiger partial charge on any atom is 0.516 e. The molecular formula is C13H7F13I+. The molecule has 0 amide bonds. The second kappa shape index (κ2) is 6.83. The Labute approximate surface area is 153 Å². The zero-order valence-corrected chi connectivity index (χ0v) is 14.8. The van der Waals surface area contributed by atoms with E-state index >= 15 is 0 Å². The van der Waals surface area contributed by atoms with Gasteiger partial charge in [0.1, 0.15) is 0 Å². The molecule has 0 N–H and O–H groups in total. The number of hydrogen-bond acceptors (Lipinski definition) is 0. The van der Waals surface area contributed by atoms with E-state index in [9.17, 15) is 57.1 Å². The normalized spacial score (nSPS) is 15.2. The van der Waals surface area contributed by atoms with E-state index in [4.69, 9.17) is 0 Å². The first-order valence-electron chi connectivity index (χ1n) is 6.41. The van der Waals surface area contributed by atoms with Gasteiger partial charge >= 0.3 is 55.0 Å². The molecule has 0 saturated carbocycles. The molecule has 0 fully saturated rings. The summed E-state index contributed by atoms with van der Waals surface area (Å²) in [7, 11) is 0. The highest BCUT2D eigenvalue weighted by Crippen LogP contribution is 2.59. The van der Waals surface area contributed by atoms with Crippen molar-refractivity contribution in [2.75, 3.05) is 0 Å². The van der Waals surface area contributed by atoms with E-state index in [-0.39, 0.29) is 0 Å². The van der Waals surface area contributed by atoms with Gasteiger partial charge in [0.25, 0.3) is 0 Å². The Morgan fingerprint density at radius 1 is 0.556 bits per heavy atom. The van der Waals surface area contributed by atoms with Crippen LogP contribution in [0.4, 0.5) is 57.1 Å². The van der Waals surface area contributed by atoms with Gasteiger partial charge < -0.3 is 0 Å². The molecule has 156 valence electrons. The maximum atomic E-state index is 13.7. The third-order valence-electron chi connectivity index (χ3n) is 3.13. The fourth-order valence-electron chi connectivity index (χ4n) is 1.54. The van der Waals surface area contributed by atoms with Crippen LogP contribution in [0.25, 0.3) is 0 Å². The van der Waals surface area contributed by atoms with Gasteiger partial charge in [0.15, 0.2) is 3.57 Å². The van der Waals surface area contributed by atoms with Gasteiger partial charge in [-0.05, 0) is 19.1 Å². The molecule has 0 heterocycles. The molecule has 0 atom stereocenters. The van der Waals surface area contributed by atoms with Gasteiger partial charge in [-0.2, -0.15) is 57.1 Å². The molecule has 0 aliphatic heterocycles. The van der Waals surface area contributed by atoms with Crippen LogP contribution in [-0.4, -0.2) is 33.8 Å². The average molecular weight is 537 g/mol. The summed E-state index contributed by atoms with van der Waals surface area (Å²) in [6, 6.07) is 3.75. The first-order valence-corrected chi connectivity index (χ1v) is 8.56. The summed E-state index contributed by atoms with van der Waals surface area (Å²) < 4.78 is 162. The van der Waals surface area contributed by atoms with Gasteiger partial charge in [0.05, 0.1) is 0 Å². The molecule has 0 nitrogen and oxygen atoms in total. The molecule has 0 aromatic heterocycles. The first-order chi connectivity index (χ1) is 11.7. The quantitative estimate of drug-likeness (QED) is 0.298. The second-order valence-corrected chi connectivity index (χ2v) is 8.32. The molecule has 0 radical (unpaired) electrons. The Morgan fingerprint density at radius 2 is 0.926 bits per heavy atom. The van der Waals surface area contributed by atoms with Gasteiger partial charge in [0.2, 0.25) is 0 Å². The molecule has 0 aliphatic rings. The Hall–Kier alpha value is -0.960. The first kappa shape index (κ1) is 24.1. The lowest BCUT2D eigenvalue weighted by Crippen LogP contribution is -3.68. The van der Waals surface area contributed by atoms with Crippen molar-refractivity contribution in [3.8, 4) is 0 Å². The lowest BCUT2D eigenvalue weighted by Gasteiger charge is -2.36. The standard InChI is InChI=1S/C13H7F13I/c1-6-2-4-7(5-3-6)27-13(25,26)11(20,21)9(16,17)8(14,15)10(18,19)12(22,23)24/h2-5H,1H3/q+1. The van der Waals surface area contributed by atoms with Crippen LogP contribution < -0.4 is 21.2 Å². The van der Waals surface area contributed by atoms with Gasteiger partial charge in [-0.1, -0.05) is 17.7 Å². The highest BCUT2D eigenvalue weighted by atomic mass is 127. The summed E-state index contributed by atoms with van der Waals surface area (Å²) in [5.41, 5.74) is 0.430. The summed E-state index contributed by atoms with van der Waals surface area (Å²) in [5, 5.41) is 0. The SMILES string of the molecule is Cc1ccc([I+]C(F)(F)C(F)(F)C(F)(F)C(F)(F)C(F)(F)C(F)(F)F)cc1. The van der Waals surface area contributed by atoms with E-state index < -0.39 is 58.6 Å². The van der Waals surface area contributed by atoms with Crippen LogP contribution in [0.5, 0.6) is 0 Å². The Morgan fingerprint density at radius 3 is 1.30 bits per heavy atom. The van der Waals surface area contributed by atoms with Crippen molar-refractivity contribution in [2.24, 2.45) is 0 Å². The van der Waals surface area contributed by atoms with Crippen molar-refractivity contribution in [2.45, 2.75) is 40.7 Å². The monoisotopic (exact) mass is 537 g/mol. The number of aryl methyl sites for hydroxylation is 1. The van der Waals surface area contributed by atoms with E-state index in [1.165, 1.54) is 6.92 Å². The van der Waals surface area contributed by atoms with Crippen molar-refractivity contribution < 1.29 is 78.3 Å². The third kappa shape index (κ3) is 3.81. The molecule has 1 aromatic rings. The van der Waals surface area contributed by atoms with Gasteiger partial charge in [-0.15, -0.1) is 0 Å². The zero-order valence-electron chi connectivity index (χ0n) is 12.6. The summed E-state index contributed by atoms with van der Waals surface area (Å²) in [6.07, 6.45) is -7.39. The lowest BCUT2D eigenvalue weighted by atomic mass is 9.98. The number of hydrogen-bond donors (Lipinski definition) is 0. The van der Waals surface area contributed by atoms with Gasteiger partial charge in [0, 0.05) is 0 Å². The summed E-state index contributed by atoms with van der Waals surface area (Å²) >= 11 is -3.52. The predicted molar refractivity (Wildman–Crippen MR) is 60.7 cm³/mol. The van der Waals surface area contributed by atoms with Crippen LogP contribution in [0, 0.1) is 10.5 Å². The van der Waals surface area contributed by atoms with Crippen molar-refractivity contribution in [3.05, 3.63) is 33.4 Å². The molecule has 0 unspecified atom stereocenters. The van der Waals surface area contributed by atoms with Crippen molar-refractivity contribution in [3.63, 3.8) is 0 Å². The second-order valence-electron chi connectivity index (χ2n) is 5.18. The van der Waals surface area contributed by atoms with Crippen molar-refractivity contribution >= 4 is 0 Å². The van der Waals surface area contributed by atoms with Crippen LogP contribution >= 0.6 is 0 Å². The Bertz CT molecular complexity index is 660. The summed E-state index contributed by atoms with van der Waals surface area (Å²) in [4.78, 5) is 0. The van der Waals surface area contributed by atoms with Crippen LogP contribution in [0.1, 0.15) is 5.56 Å². The molecule has 0 saturated heterocycles. The molecule has 14 heteroatoms. The fourth-order valence-corrected chi connectivity index (χ4v) is 3.72. The van der Waals surface area contributed by atoms with Crippen LogP contribution in [0.2, 0.25) is 0 Å². The van der Waals surface area contributed by atoms with Crippen molar-refractivity contribution in [1.82, 2.24) is 0 Å². The Kier molecular flexibility index (Phi) is 6.09. The van der Waals surface area contributed by atoms with Crippen LogP contribution in [-0.2, 0) is 0 Å². The largest absolute Gasteiger partial charge is 0.516 e. The molecule has 0 spiro atoms. The van der Waals surface area contributed by atoms with Gasteiger partial charge in [-0.25, -0.2) is 0 Å². The fraction of sp³-hybridized carbons (Fsp3) is 0.538. The van der Waals surface area contributed by atoms with Crippen molar-refractivity contribution in [1.29, 1.82) is 0 Å². The molecule has 1 aromatic carbocycles. The highest BCUT2D eigenvalue weighted by Gasteiger charge is 2.93. The van der Waals surface area contributed by atoms with E-state index in [0.717, 1.165) is 24.3 Å². The minimum Gasteiger partial charge on any atom is -0.192 e. The van der Waals surface area contributed by atoms with E-state index in [1.807, 2.05) is 0 Å². The van der Waals surface area contributed by atoms with E-state index in [1.54, 1.807) is 0 Å². The molecular weight excluding hydrogens is 530 g/mol. The smallest absolute Gasteiger partial charge is 0.192 e. The topological polar surface area (TPSA) is 0 Å². The number of halogens is 14. The number of alkyl halides is 14. The van der Waals surface area contributed by atoms with Crippen LogP contribution in [0.15, 0.2) is 24.3 Å². The minimum atomic E-state index is -7.85.